The molecular formula is C20H20F3N3. The van der Waals surface area contributed by atoms with Crippen LogP contribution in [-0.2, 0) is 19.3 Å². The van der Waals surface area contributed by atoms with Gasteiger partial charge in [0.05, 0.1) is 11.0 Å². The highest BCUT2D eigenvalue weighted by Crippen LogP contribution is 2.33. The third-order valence-electron chi connectivity index (χ3n) is 5.03. The Bertz CT molecular complexity index is 886. The van der Waals surface area contributed by atoms with Crippen LogP contribution in [0.1, 0.15) is 24.2 Å². The molecule has 0 aliphatic carbocycles. The van der Waals surface area contributed by atoms with Gasteiger partial charge >= 0.3 is 6.18 Å². The number of hydrogen-bond acceptors (Lipinski definition) is 2. The van der Waals surface area contributed by atoms with Gasteiger partial charge in [-0.1, -0.05) is 42.5 Å². The van der Waals surface area contributed by atoms with Crippen LogP contribution in [0.5, 0.6) is 0 Å². The van der Waals surface area contributed by atoms with Gasteiger partial charge in [0.25, 0.3) is 0 Å². The highest BCUT2D eigenvalue weighted by molar-refractivity contribution is 5.76. The number of para-hydroxylation sites is 2. The van der Waals surface area contributed by atoms with E-state index in [1.165, 1.54) is 10.1 Å². The van der Waals surface area contributed by atoms with Crippen molar-refractivity contribution in [3.05, 3.63) is 66.0 Å². The summed E-state index contributed by atoms with van der Waals surface area (Å²) in [6.07, 6.45) is -2.55. The summed E-state index contributed by atoms with van der Waals surface area (Å²) >= 11 is 0. The van der Waals surface area contributed by atoms with Crippen LogP contribution >= 0.6 is 0 Å². The van der Waals surface area contributed by atoms with E-state index in [-0.39, 0.29) is 6.04 Å². The maximum absolute atomic E-state index is 13.5. The van der Waals surface area contributed by atoms with Crippen LogP contribution in [-0.4, -0.2) is 27.0 Å². The number of halogens is 3. The molecule has 2 aromatic carbocycles. The topological polar surface area (TPSA) is 21.1 Å². The molecular weight excluding hydrogens is 339 g/mol. The van der Waals surface area contributed by atoms with E-state index in [1.54, 1.807) is 24.3 Å². The average Bonchev–Trinajstić information content (AvgIpc) is 3.21. The van der Waals surface area contributed by atoms with Crippen molar-refractivity contribution >= 4 is 11.0 Å². The molecule has 0 unspecified atom stereocenters. The molecule has 136 valence electrons. The third-order valence-corrected chi connectivity index (χ3v) is 5.03. The standard InChI is InChI=1S/C20H20F3N3/c21-20(22,23)19-24-17-10-4-5-11-18(17)26(19)14-16-9-6-12-25(16)13-15-7-2-1-3-8-15/h1-5,7-8,10-11,16H,6,9,12-14H2/t16-/m1/s1. The molecule has 0 N–H and O–H groups in total. The van der Waals surface area contributed by atoms with Crippen LogP contribution < -0.4 is 0 Å². The number of fused-ring (bicyclic) bond motifs is 1. The van der Waals surface area contributed by atoms with E-state index in [4.69, 9.17) is 0 Å². The van der Waals surface area contributed by atoms with Gasteiger partial charge in [-0.2, -0.15) is 13.2 Å². The minimum Gasteiger partial charge on any atom is -0.319 e. The molecule has 4 rings (SSSR count). The Morgan fingerprint density at radius 3 is 2.50 bits per heavy atom. The Hall–Kier alpha value is -2.34. The molecule has 0 radical (unpaired) electrons. The minimum absolute atomic E-state index is 0.0777. The van der Waals surface area contributed by atoms with Crippen molar-refractivity contribution in [1.82, 2.24) is 14.5 Å². The first-order valence-electron chi connectivity index (χ1n) is 8.83. The first kappa shape index (κ1) is 17.1. The van der Waals surface area contributed by atoms with Crippen LogP contribution in [0.15, 0.2) is 54.6 Å². The average molecular weight is 359 g/mol. The Morgan fingerprint density at radius 2 is 1.73 bits per heavy atom. The van der Waals surface area contributed by atoms with E-state index in [2.05, 4.69) is 22.0 Å². The van der Waals surface area contributed by atoms with Gasteiger partial charge in [-0.3, -0.25) is 4.90 Å². The van der Waals surface area contributed by atoms with Crippen LogP contribution in [0.25, 0.3) is 11.0 Å². The number of aromatic nitrogens is 2. The maximum atomic E-state index is 13.5. The number of hydrogen-bond donors (Lipinski definition) is 0. The number of nitrogens with zero attached hydrogens (tertiary/aromatic N) is 3. The lowest BCUT2D eigenvalue weighted by Gasteiger charge is -2.26. The summed E-state index contributed by atoms with van der Waals surface area (Å²) in [5, 5.41) is 0. The molecule has 2 heterocycles. The molecule has 1 aliphatic heterocycles. The summed E-state index contributed by atoms with van der Waals surface area (Å²) < 4.78 is 41.9. The Labute approximate surface area is 150 Å². The fourth-order valence-corrected chi connectivity index (χ4v) is 3.82. The SMILES string of the molecule is FC(F)(F)c1nc2ccccc2n1C[C@H]1CCCN1Cc1ccccc1. The van der Waals surface area contributed by atoms with Gasteiger partial charge in [0.1, 0.15) is 0 Å². The predicted molar refractivity (Wildman–Crippen MR) is 94.6 cm³/mol. The summed E-state index contributed by atoms with van der Waals surface area (Å²) in [7, 11) is 0. The van der Waals surface area contributed by atoms with Crippen molar-refractivity contribution in [2.45, 2.75) is 38.1 Å². The van der Waals surface area contributed by atoms with E-state index < -0.39 is 12.0 Å². The molecule has 3 nitrogen and oxygen atoms in total. The Morgan fingerprint density at radius 1 is 1.00 bits per heavy atom. The zero-order valence-electron chi connectivity index (χ0n) is 14.3. The van der Waals surface area contributed by atoms with Crippen molar-refractivity contribution < 1.29 is 13.2 Å². The lowest BCUT2D eigenvalue weighted by molar-refractivity contribution is -0.147. The summed E-state index contributed by atoms with van der Waals surface area (Å²) in [6, 6.07) is 17.0. The normalized spacial score (nSPS) is 18.7. The molecule has 0 bridgehead atoms. The summed E-state index contributed by atoms with van der Waals surface area (Å²) in [5.74, 6) is -0.801. The van der Waals surface area contributed by atoms with E-state index in [1.807, 2.05) is 18.2 Å². The molecule has 0 saturated carbocycles. The number of alkyl halides is 3. The molecule has 1 aliphatic rings. The summed E-state index contributed by atoms with van der Waals surface area (Å²) in [5.41, 5.74) is 2.13. The van der Waals surface area contributed by atoms with Crippen molar-refractivity contribution in [3.8, 4) is 0 Å². The van der Waals surface area contributed by atoms with E-state index in [9.17, 15) is 13.2 Å². The second-order valence-corrected chi connectivity index (χ2v) is 6.78. The fraction of sp³-hybridized carbons (Fsp3) is 0.350. The van der Waals surface area contributed by atoms with Gasteiger partial charge in [0.15, 0.2) is 0 Å². The molecule has 1 saturated heterocycles. The Kier molecular flexibility index (Phi) is 4.44. The second kappa shape index (κ2) is 6.76. The zero-order chi connectivity index (χ0) is 18.1. The van der Waals surface area contributed by atoms with Crippen molar-refractivity contribution in [1.29, 1.82) is 0 Å². The van der Waals surface area contributed by atoms with E-state index in [0.29, 0.717) is 17.6 Å². The monoisotopic (exact) mass is 359 g/mol. The Balaban J connectivity index is 1.64. The fourth-order valence-electron chi connectivity index (χ4n) is 3.82. The van der Waals surface area contributed by atoms with Crippen LogP contribution in [0.3, 0.4) is 0 Å². The van der Waals surface area contributed by atoms with Gasteiger partial charge in [0, 0.05) is 19.1 Å². The smallest absolute Gasteiger partial charge is 0.319 e. The van der Waals surface area contributed by atoms with Gasteiger partial charge in [-0.05, 0) is 37.1 Å². The van der Waals surface area contributed by atoms with E-state index in [0.717, 1.165) is 25.9 Å². The largest absolute Gasteiger partial charge is 0.449 e. The van der Waals surface area contributed by atoms with Crippen molar-refractivity contribution in [3.63, 3.8) is 0 Å². The number of imidazole rings is 1. The van der Waals surface area contributed by atoms with Gasteiger partial charge in [0.2, 0.25) is 5.82 Å². The third kappa shape index (κ3) is 3.33. The van der Waals surface area contributed by atoms with Gasteiger partial charge in [-0.25, -0.2) is 4.98 Å². The number of likely N-dealkylation sites (tertiary alicyclic amines) is 1. The predicted octanol–water partition coefficient (Wildman–Crippen LogP) is 4.72. The highest BCUT2D eigenvalue weighted by atomic mass is 19.4. The lowest BCUT2D eigenvalue weighted by Crippen LogP contribution is -2.33. The first-order chi connectivity index (χ1) is 12.5. The highest BCUT2D eigenvalue weighted by Gasteiger charge is 2.38. The van der Waals surface area contributed by atoms with Crippen molar-refractivity contribution in [2.75, 3.05) is 6.54 Å². The molecule has 0 amide bonds. The first-order valence-corrected chi connectivity index (χ1v) is 8.83. The molecule has 1 fully saturated rings. The molecule has 6 heteroatoms. The summed E-state index contributed by atoms with van der Waals surface area (Å²) in [4.78, 5) is 6.14. The summed E-state index contributed by atoms with van der Waals surface area (Å²) in [6.45, 7) is 1.98. The molecule has 1 atom stereocenters. The van der Waals surface area contributed by atoms with Crippen LogP contribution in [0.2, 0.25) is 0 Å². The quantitative estimate of drug-likeness (QED) is 0.672. The second-order valence-electron chi connectivity index (χ2n) is 6.78. The van der Waals surface area contributed by atoms with Gasteiger partial charge < -0.3 is 4.57 Å². The maximum Gasteiger partial charge on any atom is 0.449 e. The van der Waals surface area contributed by atoms with Gasteiger partial charge in [-0.15, -0.1) is 0 Å². The van der Waals surface area contributed by atoms with Crippen molar-refractivity contribution in [2.24, 2.45) is 0 Å². The zero-order valence-corrected chi connectivity index (χ0v) is 14.3. The molecule has 1 aromatic heterocycles. The van der Waals surface area contributed by atoms with Crippen LogP contribution in [0, 0.1) is 0 Å². The molecule has 0 spiro atoms. The van der Waals surface area contributed by atoms with Crippen LogP contribution in [0.4, 0.5) is 13.2 Å². The number of benzene rings is 2. The number of rotatable bonds is 4. The van der Waals surface area contributed by atoms with E-state index >= 15 is 0 Å². The lowest BCUT2D eigenvalue weighted by atomic mass is 10.1. The minimum atomic E-state index is -4.46. The molecule has 26 heavy (non-hydrogen) atoms. The molecule has 3 aromatic rings.